The molecule has 1 aliphatic rings. The van der Waals surface area contributed by atoms with Gasteiger partial charge in [0.2, 0.25) is 0 Å². The molecule has 0 N–H and O–H groups in total. The van der Waals surface area contributed by atoms with Crippen molar-refractivity contribution in [1.82, 2.24) is 0 Å². The van der Waals surface area contributed by atoms with Crippen molar-refractivity contribution < 1.29 is 0 Å². The van der Waals surface area contributed by atoms with Crippen molar-refractivity contribution in [2.75, 3.05) is 4.90 Å². The van der Waals surface area contributed by atoms with Gasteiger partial charge in [0.25, 0.3) is 0 Å². The summed E-state index contributed by atoms with van der Waals surface area (Å²) >= 11 is 0. The van der Waals surface area contributed by atoms with Crippen LogP contribution in [0.5, 0.6) is 0 Å². The lowest BCUT2D eigenvalue weighted by molar-refractivity contribution is 0.660. The van der Waals surface area contributed by atoms with Gasteiger partial charge < -0.3 is 4.90 Å². The minimum absolute atomic E-state index is 0.0773. The number of anilines is 3. The molecule has 0 atom stereocenters. The Labute approximate surface area is 259 Å². The Balaban J connectivity index is 1.36. The SMILES string of the molecule is CC1(C)c2ccccc2-c2c(N(c3cccc(-c4cccc(-c5ccccc5)c4)c3)c3cccc4ccccc34)cccc21. The van der Waals surface area contributed by atoms with Crippen molar-refractivity contribution in [3.8, 4) is 33.4 Å². The summed E-state index contributed by atoms with van der Waals surface area (Å²) in [5.74, 6) is 0. The number of nitrogens with zero attached hydrogens (tertiary/aromatic N) is 1. The van der Waals surface area contributed by atoms with Gasteiger partial charge in [-0.25, -0.2) is 0 Å². The molecule has 0 aromatic heterocycles. The third-order valence-electron chi connectivity index (χ3n) is 9.24. The molecule has 0 spiro atoms. The molecule has 7 aromatic carbocycles. The topological polar surface area (TPSA) is 3.24 Å². The van der Waals surface area contributed by atoms with Crippen LogP contribution in [-0.2, 0) is 5.41 Å². The first-order chi connectivity index (χ1) is 21.6. The zero-order valence-corrected chi connectivity index (χ0v) is 25.0. The number of hydrogen-bond acceptors (Lipinski definition) is 1. The van der Waals surface area contributed by atoms with Gasteiger partial charge >= 0.3 is 0 Å². The number of rotatable bonds is 5. The largest absolute Gasteiger partial charge is 0.309 e. The first-order valence-corrected chi connectivity index (χ1v) is 15.4. The van der Waals surface area contributed by atoms with Crippen molar-refractivity contribution in [1.29, 1.82) is 0 Å². The maximum atomic E-state index is 2.48. The summed E-state index contributed by atoms with van der Waals surface area (Å²) in [6.07, 6.45) is 0. The quantitative estimate of drug-likeness (QED) is 0.201. The Kier molecular flexibility index (Phi) is 6.20. The van der Waals surface area contributed by atoms with Crippen molar-refractivity contribution >= 4 is 27.8 Å². The highest BCUT2D eigenvalue weighted by Crippen LogP contribution is 2.54. The second-order valence-corrected chi connectivity index (χ2v) is 12.2. The summed E-state index contributed by atoms with van der Waals surface area (Å²) in [7, 11) is 0. The van der Waals surface area contributed by atoms with Crippen LogP contribution in [0, 0.1) is 0 Å². The highest BCUT2D eigenvalue weighted by molar-refractivity contribution is 6.03. The summed E-state index contributed by atoms with van der Waals surface area (Å²) in [6, 6.07) is 59.6. The lowest BCUT2D eigenvalue weighted by Gasteiger charge is -2.30. The van der Waals surface area contributed by atoms with E-state index in [9.17, 15) is 0 Å². The van der Waals surface area contributed by atoms with E-state index in [1.165, 1.54) is 66.7 Å². The van der Waals surface area contributed by atoms with Crippen molar-refractivity contribution in [2.45, 2.75) is 19.3 Å². The monoisotopic (exact) mass is 563 g/mol. The smallest absolute Gasteiger partial charge is 0.0543 e. The van der Waals surface area contributed by atoms with E-state index in [-0.39, 0.29) is 5.41 Å². The van der Waals surface area contributed by atoms with Crippen LogP contribution in [0.3, 0.4) is 0 Å². The first kappa shape index (κ1) is 26.2. The highest BCUT2D eigenvalue weighted by atomic mass is 15.1. The van der Waals surface area contributed by atoms with E-state index in [1.54, 1.807) is 0 Å². The van der Waals surface area contributed by atoms with Crippen LogP contribution in [0.4, 0.5) is 17.1 Å². The van der Waals surface area contributed by atoms with Gasteiger partial charge in [-0.15, -0.1) is 0 Å². The van der Waals surface area contributed by atoms with Crippen LogP contribution in [-0.4, -0.2) is 0 Å². The van der Waals surface area contributed by atoms with Gasteiger partial charge in [-0.3, -0.25) is 0 Å². The molecule has 0 aliphatic heterocycles. The Morgan fingerprint density at radius 2 is 1.00 bits per heavy atom. The van der Waals surface area contributed by atoms with Crippen LogP contribution >= 0.6 is 0 Å². The lowest BCUT2D eigenvalue weighted by atomic mass is 9.82. The van der Waals surface area contributed by atoms with Crippen molar-refractivity contribution in [2.24, 2.45) is 0 Å². The molecule has 0 saturated heterocycles. The van der Waals surface area contributed by atoms with Gasteiger partial charge in [0.05, 0.1) is 11.4 Å². The predicted molar refractivity (Wildman–Crippen MR) is 187 cm³/mol. The van der Waals surface area contributed by atoms with E-state index in [2.05, 4.69) is 183 Å². The van der Waals surface area contributed by atoms with Crippen LogP contribution < -0.4 is 4.90 Å². The third kappa shape index (κ3) is 4.24. The van der Waals surface area contributed by atoms with E-state index in [4.69, 9.17) is 0 Å². The van der Waals surface area contributed by atoms with Gasteiger partial charge in [-0.05, 0) is 74.7 Å². The predicted octanol–water partition coefficient (Wildman–Crippen LogP) is 11.9. The molecule has 210 valence electrons. The first-order valence-electron chi connectivity index (χ1n) is 15.4. The minimum atomic E-state index is -0.0773. The van der Waals surface area contributed by atoms with Crippen LogP contribution in [0.2, 0.25) is 0 Å². The summed E-state index contributed by atoms with van der Waals surface area (Å²) < 4.78 is 0. The molecule has 1 heteroatoms. The molecule has 0 heterocycles. The van der Waals surface area contributed by atoms with Crippen molar-refractivity contribution in [3.05, 3.63) is 175 Å². The second-order valence-electron chi connectivity index (χ2n) is 12.2. The summed E-state index contributed by atoms with van der Waals surface area (Å²) in [4.78, 5) is 2.48. The average molecular weight is 564 g/mol. The van der Waals surface area contributed by atoms with E-state index >= 15 is 0 Å². The standard InChI is InChI=1S/C43H33N/c1-43(2)38-24-9-8-23-37(38)42-39(43)25-13-27-41(42)44(40-26-12-17-31-16-6-7-22-36(31)40)35-21-11-20-34(29-35)33-19-10-18-32(28-33)30-14-4-3-5-15-30/h3-29H,1-2H3. The average Bonchev–Trinajstić information content (AvgIpc) is 3.32. The highest BCUT2D eigenvalue weighted by Gasteiger charge is 2.37. The fraction of sp³-hybridized carbons (Fsp3) is 0.0698. The van der Waals surface area contributed by atoms with E-state index in [0.717, 1.165) is 5.69 Å². The Bertz CT molecular complexity index is 2150. The molecule has 1 nitrogen and oxygen atoms in total. The zero-order chi connectivity index (χ0) is 29.7. The lowest BCUT2D eigenvalue weighted by Crippen LogP contribution is -2.16. The number of hydrogen-bond donors (Lipinski definition) is 0. The Morgan fingerprint density at radius 1 is 0.432 bits per heavy atom. The van der Waals surface area contributed by atoms with Crippen LogP contribution in [0.1, 0.15) is 25.0 Å². The molecule has 1 aliphatic carbocycles. The Hall–Kier alpha value is -5.40. The molecule has 44 heavy (non-hydrogen) atoms. The van der Waals surface area contributed by atoms with Gasteiger partial charge in [-0.1, -0.05) is 147 Å². The second kappa shape index (κ2) is 10.4. The summed E-state index contributed by atoms with van der Waals surface area (Å²) in [5, 5.41) is 2.46. The molecular weight excluding hydrogens is 530 g/mol. The number of benzene rings is 7. The van der Waals surface area contributed by atoms with Gasteiger partial charge in [0, 0.05) is 22.1 Å². The summed E-state index contributed by atoms with van der Waals surface area (Å²) in [5.41, 5.74) is 13.7. The molecule has 0 amide bonds. The summed E-state index contributed by atoms with van der Waals surface area (Å²) in [6.45, 7) is 4.70. The number of fused-ring (bicyclic) bond motifs is 4. The van der Waals surface area contributed by atoms with E-state index in [0.29, 0.717) is 0 Å². The van der Waals surface area contributed by atoms with Gasteiger partial charge in [0.15, 0.2) is 0 Å². The van der Waals surface area contributed by atoms with Crippen LogP contribution in [0.25, 0.3) is 44.2 Å². The maximum Gasteiger partial charge on any atom is 0.0543 e. The Morgan fingerprint density at radius 3 is 1.86 bits per heavy atom. The maximum absolute atomic E-state index is 2.48. The fourth-order valence-corrected chi connectivity index (χ4v) is 7.07. The third-order valence-corrected chi connectivity index (χ3v) is 9.24. The molecule has 0 radical (unpaired) electrons. The fourth-order valence-electron chi connectivity index (χ4n) is 7.07. The van der Waals surface area contributed by atoms with E-state index < -0.39 is 0 Å². The van der Waals surface area contributed by atoms with Crippen molar-refractivity contribution in [3.63, 3.8) is 0 Å². The minimum Gasteiger partial charge on any atom is -0.309 e. The molecule has 0 bridgehead atoms. The van der Waals surface area contributed by atoms with E-state index in [1.807, 2.05) is 0 Å². The molecular formula is C43H33N. The van der Waals surface area contributed by atoms with Gasteiger partial charge in [-0.2, -0.15) is 0 Å². The van der Waals surface area contributed by atoms with Crippen LogP contribution in [0.15, 0.2) is 164 Å². The molecule has 0 saturated carbocycles. The molecule has 0 fully saturated rings. The molecule has 0 unspecified atom stereocenters. The zero-order valence-electron chi connectivity index (χ0n) is 25.0. The molecule has 7 aromatic rings. The van der Waals surface area contributed by atoms with Gasteiger partial charge in [0.1, 0.15) is 0 Å². The molecule has 8 rings (SSSR count). The normalized spacial score (nSPS) is 13.0.